The lowest BCUT2D eigenvalue weighted by molar-refractivity contribution is -0.131. The number of rotatable bonds is 4. The Labute approximate surface area is 195 Å². The summed E-state index contributed by atoms with van der Waals surface area (Å²) < 4.78 is 5.45. The second-order valence-electron chi connectivity index (χ2n) is 7.97. The summed E-state index contributed by atoms with van der Waals surface area (Å²) >= 11 is 13.3. The van der Waals surface area contributed by atoms with Gasteiger partial charge in [0.2, 0.25) is 0 Å². The predicted octanol–water partition coefficient (Wildman–Crippen LogP) is 3.99. The molecule has 2 aromatic rings. The number of nitrogens with zero attached hydrogens (tertiary/aromatic N) is 3. The smallest absolute Gasteiger partial charge is 0.254 e. The molecule has 1 N–H and O–H groups in total. The molecule has 1 saturated heterocycles. The van der Waals surface area contributed by atoms with Gasteiger partial charge in [-0.2, -0.15) is 0 Å². The Kier molecular flexibility index (Phi) is 5.73. The van der Waals surface area contributed by atoms with Gasteiger partial charge in [0.15, 0.2) is 5.11 Å². The second kappa shape index (κ2) is 8.50. The van der Waals surface area contributed by atoms with Crippen LogP contribution in [-0.4, -0.2) is 58.1 Å². The summed E-state index contributed by atoms with van der Waals surface area (Å²) in [7, 11) is 0. The van der Waals surface area contributed by atoms with Gasteiger partial charge in [-0.15, -0.1) is 11.3 Å². The molecule has 0 radical (unpaired) electrons. The number of benzene rings is 1. The van der Waals surface area contributed by atoms with Gasteiger partial charge < -0.3 is 19.9 Å². The summed E-state index contributed by atoms with van der Waals surface area (Å²) in [4.78, 5) is 22.5. The number of carbonyl (C=O) groups is 1. The first-order valence-corrected chi connectivity index (χ1v) is 12.1. The van der Waals surface area contributed by atoms with Crippen molar-refractivity contribution in [3.8, 4) is 10.6 Å². The van der Waals surface area contributed by atoms with E-state index in [0.29, 0.717) is 42.5 Å². The Bertz CT molecular complexity index is 1040. The lowest BCUT2D eigenvalue weighted by atomic mass is 9.98. The van der Waals surface area contributed by atoms with Crippen molar-refractivity contribution in [1.29, 1.82) is 0 Å². The molecule has 1 aromatic carbocycles. The highest BCUT2D eigenvalue weighted by Crippen LogP contribution is 2.39. The van der Waals surface area contributed by atoms with E-state index in [2.05, 4.69) is 10.2 Å². The van der Waals surface area contributed by atoms with Gasteiger partial charge >= 0.3 is 0 Å². The van der Waals surface area contributed by atoms with Crippen LogP contribution >= 0.6 is 35.2 Å². The Balaban J connectivity index is 1.52. The molecule has 162 valence electrons. The number of thiazole rings is 1. The van der Waals surface area contributed by atoms with Gasteiger partial charge in [0.1, 0.15) is 11.0 Å². The molecule has 1 saturated carbocycles. The fourth-order valence-electron chi connectivity index (χ4n) is 4.11. The maximum absolute atomic E-state index is 13.6. The molecule has 1 aliphatic carbocycles. The molecule has 3 aliphatic rings. The Morgan fingerprint density at radius 3 is 2.65 bits per heavy atom. The van der Waals surface area contributed by atoms with Crippen molar-refractivity contribution < 1.29 is 9.53 Å². The van der Waals surface area contributed by atoms with Crippen molar-refractivity contribution in [2.75, 3.05) is 26.3 Å². The SMILES string of the molecule is CC1=C(C(=O)N2CCOCC2)[C@@H](c2csc(-c3ccc(Cl)cc3)n2)NC(=S)N1C1CC1. The van der Waals surface area contributed by atoms with Crippen molar-refractivity contribution >= 4 is 46.2 Å². The van der Waals surface area contributed by atoms with Gasteiger partial charge in [-0.1, -0.05) is 23.7 Å². The molecule has 0 spiro atoms. The molecule has 1 aromatic heterocycles. The van der Waals surface area contributed by atoms with Crippen molar-refractivity contribution in [3.05, 3.63) is 51.6 Å². The summed E-state index contributed by atoms with van der Waals surface area (Å²) in [6.07, 6.45) is 2.19. The molecule has 1 atom stereocenters. The number of amides is 1. The summed E-state index contributed by atoms with van der Waals surface area (Å²) in [5, 5.41) is 7.68. The van der Waals surface area contributed by atoms with Crippen LogP contribution in [0.1, 0.15) is 31.5 Å². The summed E-state index contributed by atoms with van der Waals surface area (Å²) in [6, 6.07) is 7.65. The molecule has 5 rings (SSSR count). The molecule has 0 unspecified atom stereocenters. The average Bonchev–Trinajstić information content (AvgIpc) is 3.49. The topological polar surface area (TPSA) is 57.7 Å². The molecular weight excluding hydrogens is 452 g/mol. The standard InChI is InChI=1S/C22H23ClN4O2S2/c1-13-18(21(28)26-8-10-29-11-9-26)19(25-22(30)27(13)16-6-7-16)17-12-31-20(24-17)14-2-4-15(23)5-3-14/h2-5,12,16,19H,6-11H2,1H3,(H,25,30)/t19-/m1/s1. The summed E-state index contributed by atoms with van der Waals surface area (Å²) in [6.45, 7) is 4.35. The normalized spacial score (nSPS) is 22.0. The van der Waals surface area contributed by atoms with Crippen LogP contribution in [0.5, 0.6) is 0 Å². The van der Waals surface area contributed by atoms with E-state index >= 15 is 0 Å². The lowest BCUT2D eigenvalue weighted by Gasteiger charge is -2.39. The average molecular weight is 475 g/mol. The number of morpholine rings is 1. The quantitative estimate of drug-likeness (QED) is 0.676. The van der Waals surface area contributed by atoms with Crippen molar-refractivity contribution in [2.45, 2.75) is 31.8 Å². The first-order valence-electron chi connectivity index (χ1n) is 10.4. The van der Waals surface area contributed by atoms with E-state index in [4.69, 9.17) is 33.5 Å². The van der Waals surface area contributed by atoms with E-state index in [1.807, 2.05) is 41.5 Å². The van der Waals surface area contributed by atoms with E-state index in [1.54, 1.807) is 11.3 Å². The van der Waals surface area contributed by atoms with Crippen LogP contribution in [-0.2, 0) is 9.53 Å². The van der Waals surface area contributed by atoms with Crippen LogP contribution in [0.2, 0.25) is 5.02 Å². The third-order valence-electron chi connectivity index (χ3n) is 5.88. The van der Waals surface area contributed by atoms with Gasteiger partial charge in [0, 0.05) is 40.8 Å². The molecule has 0 bridgehead atoms. The molecule has 9 heteroatoms. The van der Waals surface area contributed by atoms with Gasteiger partial charge in [-0.05, 0) is 44.1 Å². The molecular formula is C22H23ClN4O2S2. The third-order valence-corrected chi connectivity index (χ3v) is 7.35. The van der Waals surface area contributed by atoms with E-state index in [-0.39, 0.29) is 11.9 Å². The van der Waals surface area contributed by atoms with Crippen LogP contribution in [0.4, 0.5) is 0 Å². The minimum Gasteiger partial charge on any atom is -0.378 e. The van der Waals surface area contributed by atoms with Gasteiger partial charge in [-0.25, -0.2) is 4.98 Å². The van der Waals surface area contributed by atoms with Gasteiger partial charge in [-0.3, -0.25) is 4.79 Å². The molecule has 2 fully saturated rings. The number of allylic oxidation sites excluding steroid dienone is 1. The maximum Gasteiger partial charge on any atom is 0.254 e. The number of thiocarbonyl (C=S) groups is 1. The number of nitrogens with one attached hydrogen (secondary N) is 1. The van der Waals surface area contributed by atoms with E-state index in [1.165, 1.54) is 0 Å². The highest BCUT2D eigenvalue weighted by molar-refractivity contribution is 7.80. The molecule has 2 aliphatic heterocycles. The summed E-state index contributed by atoms with van der Waals surface area (Å²) in [5.41, 5.74) is 3.48. The Morgan fingerprint density at radius 1 is 1.26 bits per heavy atom. The zero-order valence-electron chi connectivity index (χ0n) is 17.1. The fourth-order valence-corrected chi connectivity index (χ4v) is 5.49. The number of hydrogen-bond acceptors (Lipinski definition) is 5. The number of halogens is 1. The zero-order valence-corrected chi connectivity index (χ0v) is 19.5. The van der Waals surface area contributed by atoms with Crippen molar-refractivity contribution in [3.63, 3.8) is 0 Å². The largest absolute Gasteiger partial charge is 0.378 e. The van der Waals surface area contributed by atoms with Gasteiger partial charge in [0.25, 0.3) is 5.91 Å². The Morgan fingerprint density at radius 2 is 1.97 bits per heavy atom. The highest BCUT2D eigenvalue weighted by Gasteiger charge is 2.42. The second-order valence-corrected chi connectivity index (χ2v) is 9.65. The maximum atomic E-state index is 13.6. The number of ether oxygens (including phenoxy) is 1. The third kappa shape index (κ3) is 4.09. The molecule has 3 heterocycles. The number of aromatic nitrogens is 1. The molecule has 31 heavy (non-hydrogen) atoms. The van der Waals surface area contributed by atoms with Crippen LogP contribution in [0.15, 0.2) is 40.9 Å². The Hall–Kier alpha value is -2.00. The zero-order chi connectivity index (χ0) is 21.5. The van der Waals surface area contributed by atoms with E-state index < -0.39 is 0 Å². The van der Waals surface area contributed by atoms with Crippen LogP contribution < -0.4 is 5.32 Å². The number of carbonyl (C=O) groups excluding carboxylic acids is 1. The predicted molar refractivity (Wildman–Crippen MR) is 126 cm³/mol. The first kappa shape index (κ1) is 20.9. The van der Waals surface area contributed by atoms with Crippen LogP contribution in [0.25, 0.3) is 10.6 Å². The van der Waals surface area contributed by atoms with Crippen LogP contribution in [0, 0.1) is 0 Å². The molecule has 1 amide bonds. The number of hydrogen-bond donors (Lipinski definition) is 1. The summed E-state index contributed by atoms with van der Waals surface area (Å²) in [5.74, 6) is 0.0347. The van der Waals surface area contributed by atoms with Gasteiger partial charge in [0.05, 0.1) is 24.5 Å². The first-order chi connectivity index (χ1) is 15.0. The van der Waals surface area contributed by atoms with Crippen LogP contribution in [0.3, 0.4) is 0 Å². The molecule has 6 nitrogen and oxygen atoms in total. The fraction of sp³-hybridized carbons (Fsp3) is 0.409. The monoisotopic (exact) mass is 474 g/mol. The van der Waals surface area contributed by atoms with E-state index in [0.717, 1.165) is 40.4 Å². The minimum atomic E-state index is -0.366. The van der Waals surface area contributed by atoms with E-state index in [9.17, 15) is 4.79 Å². The highest BCUT2D eigenvalue weighted by atomic mass is 35.5. The van der Waals surface area contributed by atoms with Crippen molar-refractivity contribution in [2.24, 2.45) is 0 Å². The lowest BCUT2D eigenvalue weighted by Crippen LogP contribution is -2.51. The van der Waals surface area contributed by atoms with Crippen molar-refractivity contribution in [1.82, 2.24) is 20.1 Å². The minimum absolute atomic E-state index is 0.0347.